The first-order valence-electron chi connectivity index (χ1n) is 6.72. The van der Waals surface area contributed by atoms with Gasteiger partial charge >= 0.3 is 0 Å². The molecule has 4 heteroatoms. The fourth-order valence-corrected chi connectivity index (χ4v) is 1.90. The van der Waals surface area contributed by atoms with Crippen LogP contribution >= 0.6 is 0 Å². The Morgan fingerprint density at radius 2 is 1.89 bits per heavy atom. The van der Waals surface area contributed by atoms with E-state index in [2.05, 4.69) is 5.32 Å². The highest BCUT2D eigenvalue weighted by Crippen LogP contribution is 2.20. The summed E-state index contributed by atoms with van der Waals surface area (Å²) in [5, 5.41) is 2.79. The SMILES string of the molecule is CCCNC(=O)CN(C(C)=O)c1ccccc1CC. The fourth-order valence-electron chi connectivity index (χ4n) is 1.90. The number of rotatable bonds is 6. The maximum Gasteiger partial charge on any atom is 0.240 e. The summed E-state index contributed by atoms with van der Waals surface area (Å²) in [6.07, 6.45) is 1.72. The van der Waals surface area contributed by atoms with E-state index in [0.29, 0.717) is 6.54 Å². The van der Waals surface area contributed by atoms with Crippen LogP contribution < -0.4 is 10.2 Å². The highest BCUT2D eigenvalue weighted by atomic mass is 16.2. The minimum atomic E-state index is -0.122. The van der Waals surface area contributed by atoms with E-state index in [9.17, 15) is 9.59 Å². The minimum absolute atomic E-state index is 0.0757. The number of carbonyl (C=O) groups is 2. The number of hydrogen-bond donors (Lipinski definition) is 1. The number of hydrogen-bond acceptors (Lipinski definition) is 2. The van der Waals surface area contributed by atoms with Crippen molar-refractivity contribution in [2.75, 3.05) is 18.0 Å². The maximum absolute atomic E-state index is 11.8. The smallest absolute Gasteiger partial charge is 0.240 e. The molecule has 0 saturated heterocycles. The van der Waals surface area contributed by atoms with Crippen LogP contribution in [0.5, 0.6) is 0 Å². The predicted molar refractivity (Wildman–Crippen MR) is 77.1 cm³/mol. The van der Waals surface area contributed by atoms with Gasteiger partial charge in [-0.3, -0.25) is 9.59 Å². The summed E-state index contributed by atoms with van der Waals surface area (Å²) in [6, 6.07) is 7.69. The molecule has 0 aliphatic heterocycles. The van der Waals surface area contributed by atoms with Gasteiger partial charge in [0.1, 0.15) is 6.54 Å². The van der Waals surface area contributed by atoms with Crippen LogP contribution in [0.15, 0.2) is 24.3 Å². The number of nitrogens with zero attached hydrogens (tertiary/aromatic N) is 1. The van der Waals surface area contributed by atoms with Gasteiger partial charge in [0.15, 0.2) is 0 Å². The molecule has 0 fully saturated rings. The van der Waals surface area contributed by atoms with E-state index in [0.717, 1.165) is 24.1 Å². The summed E-state index contributed by atoms with van der Waals surface area (Å²) < 4.78 is 0. The largest absolute Gasteiger partial charge is 0.355 e. The van der Waals surface area contributed by atoms with E-state index in [1.54, 1.807) is 0 Å². The number of aryl methyl sites for hydroxylation is 1. The van der Waals surface area contributed by atoms with E-state index < -0.39 is 0 Å². The summed E-state index contributed by atoms with van der Waals surface area (Å²) in [7, 11) is 0. The third-order valence-electron chi connectivity index (χ3n) is 2.92. The number of amides is 2. The quantitative estimate of drug-likeness (QED) is 0.853. The molecule has 0 aliphatic carbocycles. The molecular weight excluding hydrogens is 240 g/mol. The van der Waals surface area contributed by atoms with E-state index in [-0.39, 0.29) is 18.4 Å². The second kappa shape index (κ2) is 7.56. The molecule has 0 bridgehead atoms. The maximum atomic E-state index is 11.8. The lowest BCUT2D eigenvalue weighted by atomic mass is 10.1. The molecule has 0 unspecified atom stereocenters. The van der Waals surface area contributed by atoms with Crippen molar-refractivity contribution in [3.63, 3.8) is 0 Å². The third-order valence-corrected chi connectivity index (χ3v) is 2.92. The average molecular weight is 262 g/mol. The number of para-hydroxylation sites is 1. The molecule has 104 valence electrons. The molecule has 1 rings (SSSR count). The van der Waals surface area contributed by atoms with Crippen molar-refractivity contribution in [3.8, 4) is 0 Å². The first-order valence-corrected chi connectivity index (χ1v) is 6.72. The van der Waals surface area contributed by atoms with Crippen molar-refractivity contribution in [1.82, 2.24) is 5.32 Å². The molecule has 0 radical (unpaired) electrons. The molecule has 0 aliphatic rings. The normalized spacial score (nSPS) is 10.1. The van der Waals surface area contributed by atoms with Gasteiger partial charge in [-0.2, -0.15) is 0 Å². The van der Waals surface area contributed by atoms with Gasteiger partial charge in [0.2, 0.25) is 11.8 Å². The lowest BCUT2D eigenvalue weighted by Gasteiger charge is -2.23. The predicted octanol–water partition coefficient (Wildman–Crippen LogP) is 2.13. The molecule has 0 saturated carbocycles. The molecular formula is C15H22N2O2. The van der Waals surface area contributed by atoms with Crippen molar-refractivity contribution < 1.29 is 9.59 Å². The van der Waals surface area contributed by atoms with Crippen LogP contribution in [-0.2, 0) is 16.0 Å². The summed E-state index contributed by atoms with van der Waals surface area (Å²) in [4.78, 5) is 25.1. The Morgan fingerprint density at radius 1 is 1.21 bits per heavy atom. The molecule has 0 heterocycles. The van der Waals surface area contributed by atoms with Crippen molar-refractivity contribution in [2.45, 2.75) is 33.6 Å². The minimum Gasteiger partial charge on any atom is -0.355 e. The number of benzene rings is 1. The second-order valence-electron chi connectivity index (χ2n) is 4.44. The van der Waals surface area contributed by atoms with E-state index in [1.807, 2.05) is 38.1 Å². The van der Waals surface area contributed by atoms with Crippen LogP contribution in [0.3, 0.4) is 0 Å². The zero-order valence-electron chi connectivity index (χ0n) is 11.9. The number of anilines is 1. The van der Waals surface area contributed by atoms with E-state index in [4.69, 9.17) is 0 Å². The third kappa shape index (κ3) is 4.39. The van der Waals surface area contributed by atoms with Crippen LogP contribution in [0.25, 0.3) is 0 Å². The van der Waals surface area contributed by atoms with E-state index in [1.165, 1.54) is 11.8 Å². The van der Waals surface area contributed by atoms with Crippen LogP contribution in [0.2, 0.25) is 0 Å². The van der Waals surface area contributed by atoms with Gasteiger partial charge in [-0.05, 0) is 24.5 Å². The molecule has 0 atom stereocenters. The van der Waals surface area contributed by atoms with Gasteiger partial charge in [0.25, 0.3) is 0 Å². The van der Waals surface area contributed by atoms with Crippen molar-refractivity contribution in [3.05, 3.63) is 29.8 Å². The molecule has 19 heavy (non-hydrogen) atoms. The standard InChI is InChI=1S/C15H22N2O2/c1-4-10-16-15(19)11-17(12(3)18)14-9-7-6-8-13(14)5-2/h6-9H,4-5,10-11H2,1-3H3,(H,16,19). The van der Waals surface area contributed by atoms with Crippen LogP contribution in [0.1, 0.15) is 32.8 Å². The van der Waals surface area contributed by atoms with E-state index >= 15 is 0 Å². The summed E-state index contributed by atoms with van der Waals surface area (Å²) in [6.45, 7) is 6.23. The second-order valence-corrected chi connectivity index (χ2v) is 4.44. The highest BCUT2D eigenvalue weighted by molar-refractivity contribution is 5.98. The lowest BCUT2D eigenvalue weighted by Crippen LogP contribution is -2.40. The molecule has 4 nitrogen and oxygen atoms in total. The van der Waals surface area contributed by atoms with Crippen molar-refractivity contribution in [1.29, 1.82) is 0 Å². The van der Waals surface area contributed by atoms with Crippen LogP contribution in [0.4, 0.5) is 5.69 Å². The Hall–Kier alpha value is -1.84. The van der Waals surface area contributed by atoms with Crippen LogP contribution in [0, 0.1) is 0 Å². The van der Waals surface area contributed by atoms with Crippen molar-refractivity contribution >= 4 is 17.5 Å². The first-order chi connectivity index (χ1) is 9.10. The monoisotopic (exact) mass is 262 g/mol. The Labute approximate surface area is 114 Å². The summed E-state index contributed by atoms with van der Waals surface area (Å²) >= 11 is 0. The Kier molecular flexibility index (Phi) is 6.06. The summed E-state index contributed by atoms with van der Waals surface area (Å²) in [5.41, 5.74) is 1.89. The van der Waals surface area contributed by atoms with Gasteiger partial charge in [0.05, 0.1) is 0 Å². The summed E-state index contributed by atoms with van der Waals surface area (Å²) in [5.74, 6) is -0.240. The van der Waals surface area contributed by atoms with Gasteiger partial charge in [-0.15, -0.1) is 0 Å². The first kappa shape index (κ1) is 15.2. The van der Waals surface area contributed by atoms with Gasteiger partial charge in [-0.1, -0.05) is 32.0 Å². The number of carbonyl (C=O) groups excluding carboxylic acids is 2. The Bertz CT molecular complexity index is 444. The van der Waals surface area contributed by atoms with Gasteiger partial charge in [0, 0.05) is 19.2 Å². The Morgan fingerprint density at radius 3 is 2.47 bits per heavy atom. The highest BCUT2D eigenvalue weighted by Gasteiger charge is 2.17. The average Bonchev–Trinajstić information content (AvgIpc) is 2.42. The van der Waals surface area contributed by atoms with Crippen molar-refractivity contribution in [2.24, 2.45) is 0 Å². The molecule has 2 amide bonds. The molecule has 0 spiro atoms. The van der Waals surface area contributed by atoms with Gasteiger partial charge < -0.3 is 10.2 Å². The topological polar surface area (TPSA) is 49.4 Å². The molecule has 1 N–H and O–H groups in total. The zero-order chi connectivity index (χ0) is 14.3. The fraction of sp³-hybridized carbons (Fsp3) is 0.467. The Balaban J connectivity index is 2.88. The molecule has 0 aromatic heterocycles. The zero-order valence-corrected chi connectivity index (χ0v) is 11.9. The molecule has 1 aromatic carbocycles. The van der Waals surface area contributed by atoms with Gasteiger partial charge in [-0.25, -0.2) is 0 Å². The molecule has 1 aromatic rings. The number of nitrogens with one attached hydrogen (secondary N) is 1. The lowest BCUT2D eigenvalue weighted by molar-refractivity contribution is -0.123. The van der Waals surface area contributed by atoms with Crippen LogP contribution in [-0.4, -0.2) is 24.9 Å².